The zero-order chi connectivity index (χ0) is 26.4. The Morgan fingerprint density at radius 3 is 2.42 bits per heavy atom. The molecule has 38 heavy (non-hydrogen) atoms. The number of benzene rings is 1. The molecule has 6 rings (SSSR count). The summed E-state index contributed by atoms with van der Waals surface area (Å²) in [6.45, 7) is 9.31. The van der Waals surface area contributed by atoms with Crippen LogP contribution in [-0.4, -0.2) is 77.7 Å². The van der Waals surface area contributed by atoms with Crippen LogP contribution in [0.1, 0.15) is 32.3 Å². The minimum absolute atomic E-state index is 0.0376. The molecule has 4 heterocycles. The Kier molecular flexibility index (Phi) is 6.37. The number of rotatable bonds is 6. The number of anilines is 1. The van der Waals surface area contributed by atoms with Gasteiger partial charge in [0.25, 0.3) is 0 Å². The van der Waals surface area contributed by atoms with Gasteiger partial charge in [0, 0.05) is 82.2 Å². The van der Waals surface area contributed by atoms with Crippen molar-refractivity contribution in [2.75, 3.05) is 51.3 Å². The van der Waals surface area contributed by atoms with Gasteiger partial charge in [-0.2, -0.15) is 10.4 Å². The zero-order valence-corrected chi connectivity index (χ0v) is 22.5. The molecule has 3 aromatic rings. The molecule has 0 unspecified atom stereocenters. The minimum Gasteiger partial charge on any atom is -0.371 e. The second kappa shape index (κ2) is 9.72. The van der Waals surface area contributed by atoms with Gasteiger partial charge < -0.3 is 14.5 Å². The number of hydrogen-bond acceptors (Lipinski definition) is 6. The quantitative estimate of drug-likeness (QED) is 0.501. The highest BCUT2D eigenvalue weighted by molar-refractivity contribution is 5.82. The molecule has 1 amide bonds. The lowest BCUT2D eigenvalue weighted by atomic mass is 9.75. The van der Waals surface area contributed by atoms with Gasteiger partial charge in [0.15, 0.2) is 0 Å². The Hall–Kier alpha value is -3.41. The number of aromatic nitrogens is 2. The second-order valence-electron chi connectivity index (χ2n) is 11.4. The van der Waals surface area contributed by atoms with Gasteiger partial charge >= 0.3 is 0 Å². The van der Waals surface area contributed by atoms with Crippen LogP contribution in [0.5, 0.6) is 0 Å². The molecule has 0 bridgehead atoms. The number of likely N-dealkylation sites (tertiary alicyclic amines) is 1. The van der Waals surface area contributed by atoms with Crippen LogP contribution in [-0.2, 0) is 15.1 Å². The van der Waals surface area contributed by atoms with Crippen molar-refractivity contribution < 1.29 is 9.53 Å². The number of carbonyl (C=O) groups excluding carboxylic acids is 1. The number of fused-ring (bicyclic) bond motifs is 1. The smallest absolute Gasteiger partial charge is 0.225 e. The molecule has 1 aromatic carbocycles. The number of ether oxygens (including phenoxy) is 1. The van der Waals surface area contributed by atoms with E-state index in [1.165, 1.54) is 5.56 Å². The first kappa shape index (κ1) is 24.9. The first-order valence-electron chi connectivity index (χ1n) is 13.7. The number of methoxy groups -OCH3 is 1. The predicted octanol–water partition coefficient (Wildman–Crippen LogP) is 3.77. The molecule has 3 aliphatic rings. The molecule has 0 atom stereocenters. The third kappa shape index (κ3) is 4.24. The van der Waals surface area contributed by atoms with E-state index in [1.54, 1.807) is 0 Å². The summed E-state index contributed by atoms with van der Waals surface area (Å²) in [5, 5.41) is 13.6. The van der Waals surface area contributed by atoms with Gasteiger partial charge in [-0.05, 0) is 49.9 Å². The van der Waals surface area contributed by atoms with Crippen molar-refractivity contribution >= 4 is 17.1 Å². The summed E-state index contributed by atoms with van der Waals surface area (Å²) in [5.74, 6) is 0.318. The molecule has 1 saturated carbocycles. The van der Waals surface area contributed by atoms with Crippen LogP contribution in [0.4, 0.5) is 5.69 Å². The summed E-state index contributed by atoms with van der Waals surface area (Å²) in [6, 6.07) is 15.8. The van der Waals surface area contributed by atoms with Crippen LogP contribution in [0.3, 0.4) is 0 Å². The molecular weight excluding hydrogens is 476 g/mol. The zero-order valence-electron chi connectivity index (χ0n) is 22.5. The molecule has 8 nitrogen and oxygen atoms in total. The Morgan fingerprint density at radius 2 is 1.79 bits per heavy atom. The maximum Gasteiger partial charge on any atom is 0.225 e. The van der Waals surface area contributed by atoms with E-state index in [0.29, 0.717) is 19.1 Å². The normalized spacial score (nSPS) is 23.2. The van der Waals surface area contributed by atoms with E-state index in [0.717, 1.165) is 61.4 Å². The van der Waals surface area contributed by atoms with Crippen molar-refractivity contribution in [1.29, 1.82) is 5.26 Å². The summed E-state index contributed by atoms with van der Waals surface area (Å²) in [7, 11) is 1.81. The van der Waals surface area contributed by atoms with Gasteiger partial charge in [0.05, 0.1) is 17.3 Å². The molecule has 3 fully saturated rings. The molecule has 2 saturated heterocycles. The highest BCUT2D eigenvalue weighted by Gasteiger charge is 2.45. The van der Waals surface area contributed by atoms with E-state index in [4.69, 9.17) is 10.00 Å². The van der Waals surface area contributed by atoms with Crippen LogP contribution < -0.4 is 4.90 Å². The van der Waals surface area contributed by atoms with E-state index in [2.05, 4.69) is 77.4 Å². The molecule has 8 heteroatoms. The lowest BCUT2D eigenvalue weighted by Crippen LogP contribution is -2.62. The van der Waals surface area contributed by atoms with Crippen molar-refractivity contribution in [3.05, 3.63) is 54.4 Å². The van der Waals surface area contributed by atoms with E-state index in [1.807, 2.05) is 22.7 Å². The lowest BCUT2D eigenvalue weighted by molar-refractivity contribution is -0.141. The monoisotopic (exact) mass is 512 g/mol. The fourth-order valence-corrected chi connectivity index (χ4v) is 6.15. The fraction of sp³-hybridized carbons (Fsp3) is 0.500. The van der Waals surface area contributed by atoms with Gasteiger partial charge in [0.1, 0.15) is 5.60 Å². The van der Waals surface area contributed by atoms with E-state index in [9.17, 15) is 4.79 Å². The summed E-state index contributed by atoms with van der Waals surface area (Å²) in [4.78, 5) is 19.6. The number of amides is 1. The summed E-state index contributed by atoms with van der Waals surface area (Å²) >= 11 is 0. The average Bonchev–Trinajstić information content (AvgIpc) is 3.33. The number of piperazine rings is 1. The van der Waals surface area contributed by atoms with Crippen molar-refractivity contribution in [2.45, 2.75) is 38.3 Å². The predicted molar refractivity (Wildman–Crippen MR) is 147 cm³/mol. The summed E-state index contributed by atoms with van der Waals surface area (Å²) < 4.78 is 7.93. The standard InChI is InChI=1S/C30H36N6O2/c1-21(2)35-19-30(20-35,38-3)26-6-4-23(5-7-26)25-16-28-27(8-9-32-36(28)18-25)33-10-12-34(13-11-33)29(37)24-14-22(15-24)17-31/h4-9,16,18,21-22,24H,10-15,19-20H2,1-3H3. The molecule has 2 aliphatic heterocycles. The fourth-order valence-electron chi connectivity index (χ4n) is 6.15. The Labute approximate surface area is 224 Å². The number of hydrogen-bond donors (Lipinski definition) is 0. The van der Waals surface area contributed by atoms with Crippen LogP contribution in [0.25, 0.3) is 16.6 Å². The number of nitrogens with zero attached hydrogens (tertiary/aromatic N) is 6. The van der Waals surface area contributed by atoms with Gasteiger partial charge in [-0.15, -0.1) is 0 Å². The molecule has 2 aromatic heterocycles. The SMILES string of the molecule is COC1(c2ccc(-c3cc4c(N5CCN(C(=O)C6CC(C#N)C6)CC5)ccnn4c3)cc2)CN(C(C)C)C1. The van der Waals surface area contributed by atoms with Crippen molar-refractivity contribution in [1.82, 2.24) is 19.4 Å². The van der Waals surface area contributed by atoms with E-state index in [-0.39, 0.29) is 23.3 Å². The lowest BCUT2D eigenvalue weighted by Gasteiger charge is -2.51. The largest absolute Gasteiger partial charge is 0.371 e. The highest BCUT2D eigenvalue weighted by Crippen LogP contribution is 2.38. The van der Waals surface area contributed by atoms with Crippen LogP contribution >= 0.6 is 0 Å². The molecule has 0 radical (unpaired) electrons. The third-order valence-electron chi connectivity index (χ3n) is 8.87. The molecule has 0 N–H and O–H groups in total. The minimum atomic E-state index is -0.220. The summed E-state index contributed by atoms with van der Waals surface area (Å²) in [6.07, 6.45) is 5.38. The molecule has 1 aliphatic carbocycles. The van der Waals surface area contributed by atoms with Crippen molar-refractivity contribution in [3.8, 4) is 17.2 Å². The summed E-state index contributed by atoms with van der Waals surface area (Å²) in [5.41, 5.74) is 5.50. The second-order valence-corrected chi connectivity index (χ2v) is 11.4. The highest BCUT2D eigenvalue weighted by atomic mass is 16.5. The van der Waals surface area contributed by atoms with Gasteiger partial charge in [0.2, 0.25) is 5.91 Å². The van der Waals surface area contributed by atoms with E-state index >= 15 is 0 Å². The number of carbonyl (C=O) groups is 1. The molecule has 198 valence electrons. The number of nitriles is 1. The Balaban J connectivity index is 1.16. The van der Waals surface area contributed by atoms with Gasteiger partial charge in [-0.3, -0.25) is 9.69 Å². The van der Waals surface area contributed by atoms with Crippen LogP contribution in [0, 0.1) is 23.2 Å². The van der Waals surface area contributed by atoms with Gasteiger partial charge in [-0.25, -0.2) is 4.52 Å². The first-order valence-corrected chi connectivity index (χ1v) is 13.7. The van der Waals surface area contributed by atoms with Crippen LogP contribution in [0.15, 0.2) is 48.8 Å². The first-order chi connectivity index (χ1) is 18.4. The maximum absolute atomic E-state index is 12.8. The Bertz CT molecular complexity index is 1350. The van der Waals surface area contributed by atoms with Gasteiger partial charge in [-0.1, -0.05) is 24.3 Å². The van der Waals surface area contributed by atoms with E-state index < -0.39 is 0 Å². The van der Waals surface area contributed by atoms with Crippen LogP contribution in [0.2, 0.25) is 0 Å². The van der Waals surface area contributed by atoms with Crippen molar-refractivity contribution in [3.63, 3.8) is 0 Å². The molecule has 0 spiro atoms. The van der Waals surface area contributed by atoms with Crippen molar-refractivity contribution in [2.24, 2.45) is 11.8 Å². The third-order valence-corrected chi connectivity index (χ3v) is 8.87. The topological polar surface area (TPSA) is 77.1 Å². The maximum atomic E-state index is 12.8. The average molecular weight is 513 g/mol. The molecular formula is C30H36N6O2. The Morgan fingerprint density at radius 1 is 1.08 bits per heavy atom.